The van der Waals surface area contributed by atoms with Gasteiger partial charge >= 0.3 is 0 Å². The standard InChI is InChI=1S/C32H36F2N8O3S2/c1-18(2)41-8-10-42(11-9-41)32-37-31-26(46-32)17-25(23-6-5-7-24-29(23)40(3)38-30(24)39-47(4,44)45)28(36-31)20(15-27(35)43)12-19-13-21(33)16-22(34)14-19/h5-7,13-14,16-18,20H,8-12,15H2,1-4H3,(H2,35,43)(H,38,39)/t20-/m0/s1. The summed E-state index contributed by atoms with van der Waals surface area (Å²) in [5, 5.41) is 5.84. The number of para-hydroxylation sites is 1. The summed E-state index contributed by atoms with van der Waals surface area (Å²) in [7, 11) is -1.91. The predicted octanol–water partition coefficient (Wildman–Crippen LogP) is 4.63. The molecule has 4 heterocycles. The highest BCUT2D eigenvalue weighted by atomic mass is 32.2. The number of carbonyl (C=O) groups is 1. The summed E-state index contributed by atoms with van der Waals surface area (Å²) in [6, 6.07) is 11.1. The number of sulfonamides is 1. The lowest BCUT2D eigenvalue weighted by atomic mass is 9.87. The molecule has 5 aromatic rings. The minimum atomic E-state index is -3.62. The molecule has 1 atom stereocenters. The van der Waals surface area contributed by atoms with Gasteiger partial charge in [0.1, 0.15) is 11.6 Å². The van der Waals surface area contributed by atoms with Crippen LogP contribution in [-0.2, 0) is 28.3 Å². The number of aryl methyl sites for hydroxylation is 1. The van der Waals surface area contributed by atoms with Crippen LogP contribution >= 0.6 is 11.3 Å². The molecule has 1 aliphatic heterocycles. The number of aromatic nitrogens is 4. The van der Waals surface area contributed by atoms with E-state index in [0.29, 0.717) is 45.0 Å². The molecular formula is C32H36F2N8O3S2. The number of halogens is 2. The molecule has 1 saturated heterocycles. The van der Waals surface area contributed by atoms with E-state index in [9.17, 15) is 22.0 Å². The molecule has 3 N–H and O–H groups in total. The second-order valence-corrected chi connectivity index (χ2v) is 15.0. The van der Waals surface area contributed by atoms with Gasteiger partial charge in [0, 0.05) is 74.2 Å². The van der Waals surface area contributed by atoms with Crippen molar-refractivity contribution in [1.82, 2.24) is 24.6 Å². The van der Waals surface area contributed by atoms with Crippen molar-refractivity contribution in [2.24, 2.45) is 12.8 Å². The average molecular weight is 683 g/mol. The van der Waals surface area contributed by atoms with E-state index in [0.717, 1.165) is 48.3 Å². The Morgan fingerprint density at radius 1 is 1.04 bits per heavy atom. The molecule has 2 aromatic carbocycles. The van der Waals surface area contributed by atoms with Gasteiger partial charge in [-0.1, -0.05) is 23.5 Å². The monoisotopic (exact) mass is 682 g/mol. The van der Waals surface area contributed by atoms with Crippen LogP contribution in [0.1, 0.15) is 37.4 Å². The van der Waals surface area contributed by atoms with Gasteiger partial charge in [0.15, 0.2) is 16.6 Å². The molecule has 6 rings (SSSR count). The van der Waals surface area contributed by atoms with Crippen molar-refractivity contribution < 1.29 is 22.0 Å². The Hall–Kier alpha value is -4.21. The molecule has 1 fully saturated rings. The fraction of sp³-hybridized carbons (Fsp3) is 0.375. The second-order valence-electron chi connectivity index (χ2n) is 12.3. The summed E-state index contributed by atoms with van der Waals surface area (Å²) in [6.45, 7) is 7.83. The lowest BCUT2D eigenvalue weighted by molar-refractivity contribution is -0.118. The van der Waals surface area contributed by atoms with E-state index >= 15 is 0 Å². The number of primary amides is 1. The first-order chi connectivity index (χ1) is 22.3. The molecule has 248 valence electrons. The van der Waals surface area contributed by atoms with Crippen molar-refractivity contribution in [3.05, 3.63) is 65.4 Å². The van der Waals surface area contributed by atoms with Crippen LogP contribution in [0.15, 0.2) is 42.5 Å². The van der Waals surface area contributed by atoms with Gasteiger partial charge in [0.05, 0.1) is 22.2 Å². The predicted molar refractivity (Wildman–Crippen MR) is 181 cm³/mol. The normalized spacial score (nSPS) is 15.2. The SMILES string of the molecule is CC(C)N1CCN(c2nc3nc([C@H](CC(N)=O)Cc4cc(F)cc(F)c4)c(-c4cccc5c(NS(C)(=O)=O)nn(C)c45)cc3s2)CC1. The lowest BCUT2D eigenvalue weighted by Gasteiger charge is -2.36. The number of thiazole rings is 1. The minimum Gasteiger partial charge on any atom is -0.370 e. The average Bonchev–Trinajstić information content (AvgIpc) is 3.54. The summed E-state index contributed by atoms with van der Waals surface area (Å²) in [6.07, 6.45) is 1.00. The zero-order chi connectivity index (χ0) is 33.6. The highest BCUT2D eigenvalue weighted by Crippen LogP contribution is 2.41. The third-order valence-electron chi connectivity index (χ3n) is 8.39. The van der Waals surface area contributed by atoms with E-state index in [1.165, 1.54) is 23.5 Å². The Morgan fingerprint density at radius 3 is 2.38 bits per heavy atom. The van der Waals surface area contributed by atoms with Gasteiger partial charge in [0.2, 0.25) is 15.9 Å². The first-order valence-electron chi connectivity index (χ1n) is 15.2. The molecule has 1 amide bonds. The van der Waals surface area contributed by atoms with Crippen molar-refractivity contribution in [2.75, 3.05) is 42.1 Å². The molecule has 0 bridgehead atoms. The minimum absolute atomic E-state index is 0.0829. The number of fused-ring (bicyclic) bond motifs is 2. The maximum Gasteiger partial charge on any atom is 0.231 e. The Balaban J connectivity index is 1.53. The topological polar surface area (TPSA) is 139 Å². The first kappa shape index (κ1) is 32.7. The van der Waals surface area contributed by atoms with Crippen LogP contribution in [0, 0.1) is 11.6 Å². The molecule has 1 aliphatic rings. The van der Waals surface area contributed by atoms with Gasteiger partial charge in [-0.2, -0.15) is 10.1 Å². The van der Waals surface area contributed by atoms with Gasteiger partial charge < -0.3 is 10.6 Å². The Morgan fingerprint density at radius 2 is 1.74 bits per heavy atom. The molecule has 0 saturated carbocycles. The number of amides is 1. The van der Waals surface area contributed by atoms with E-state index in [-0.39, 0.29) is 18.7 Å². The highest BCUT2D eigenvalue weighted by molar-refractivity contribution is 7.92. The molecule has 0 aliphatic carbocycles. The van der Waals surface area contributed by atoms with Gasteiger partial charge in [-0.05, 0) is 50.1 Å². The van der Waals surface area contributed by atoms with Crippen LogP contribution in [0.4, 0.5) is 19.7 Å². The van der Waals surface area contributed by atoms with Crippen LogP contribution in [0.25, 0.3) is 32.4 Å². The molecule has 15 heteroatoms. The molecule has 3 aromatic heterocycles. The second kappa shape index (κ2) is 12.8. The lowest BCUT2D eigenvalue weighted by Crippen LogP contribution is -2.48. The number of nitrogens with two attached hydrogens (primary N) is 1. The van der Waals surface area contributed by atoms with Crippen LogP contribution in [0.5, 0.6) is 0 Å². The van der Waals surface area contributed by atoms with Gasteiger partial charge in [-0.15, -0.1) is 0 Å². The summed E-state index contributed by atoms with van der Waals surface area (Å²) in [5.41, 5.74) is 9.03. The first-order valence-corrected chi connectivity index (χ1v) is 17.9. The summed E-state index contributed by atoms with van der Waals surface area (Å²) < 4.78 is 57.7. The molecule has 0 unspecified atom stereocenters. The number of anilines is 2. The number of benzene rings is 2. The molecular weight excluding hydrogens is 647 g/mol. The smallest absolute Gasteiger partial charge is 0.231 e. The molecule has 47 heavy (non-hydrogen) atoms. The fourth-order valence-electron chi connectivity index (χ4n) is 6.28. The van der Waals surface area contributed by atoms with Crippen LogP contribution < -0.4 is 15.4 Å². The molecule has 0 spiro atoms. The summed E-state index contributed by atoms with van der Waals surface area (Å²) in [5.74, 6) is -2.54. The highest BCUT2D eigenvalue weighted by Gasteiger charge is 2.27. The quantitative estimate of drug-likeness (QED) is 0.218. The van der Waals surface area contributed by atoms with E-state index in [1.807, 2.05) is 12.1 Å². The number of nitrogens with zero attached hydrogens (tertiary/aromatic N) is 6. The van der Waals surface area contributed by atoms with E-state index in [4.69, 9.17) is 15.7 Å². The van der Waals surface area contributed by atoms with Crippen LogP contribution in [-0.4, -0.2) is 77.4 Å². The third kappa shape index (κ3) is 7.06. The maximum absolute atomic E-state index is 14.3. The maximum atomic E-state index is 14.3. The fourth-order valence-corrected chi connectivity index (χ4v) is 7.79. The summed E-state index contributed by atoms with van der Waals surface area (Å²) >= 11 is 1.52. The van der Waals surface area contributed by atoms with Crippen LogP contribution in [0.3, 0.4) is 0 Å². The van der Waals surface area contributed by atoms with Gasteiger partial charge in [-0.3, -0.25) is 19.1 Å². The van der Waals surface area contributed by atoms with Crippen molar-refractivity contribution in [3.8, 4) is 11.1 Å². The summed E-state index contributed by atoms with van der Waals surface area (Å²) in [4.78, 5) is 27.1. The van der Waals surface area contributed by atoms with Gasteiger partial charge in [0.25, 0.3) is 0 Å². The number of rotatable bonds is 10. The number of piperazine rings is 1. The number of carbonyl (C=O) groups excluding carboxylic acids is 1. The zero-order valence-electron chi connectivity index (χ0n) is 26.5. The number of nitrogens with one attached hydrogen (secondary N) is 1. The van der Waals surface area contributed by atoms with Gasteiger partial charge in [-0.25, -0.2) is 22.2 Å². The largest absolute Gasteiger partial charge is 0.370 e. The van der Waals surface area contributed by atoms with Crippen molar-refractivity contribution in [1.29, 1.82) is 0 Å². The van der Waals surface area contributed by atoms with Crippen molar-refractivity contribution >= 4 is 59.5 Å². The van der Waals surface area contributed by atoms with Crippen molar-refractivity contribution in [2.45, 2.75) is 38.6 Å². The number of hydrogen-bond donors (Lipinski definition) is 2. The number of hydrogen-bond acceptors (Lipinski definition) is 9. The third-order valence-corrected chi connectivity index (χ3v) is 10.0. The molecule has 0 radical (unpaired) electrons. The van der Waals surface area contributed by atoms with E-state index < -0.39 is 33.5 Å². The Labute approximate surface area is 275 Å². The van der Waals surface area contributed by atoms with Crippen LogP contribution in [0.2, 0.25) is 0 Å². The van der Waals surface area contributed by atoms with Crippen molar-refractivity contribution in [3.63, 3.8) is 0 Å². The van der Waals surface area contributed by atoms with E-state index in [1.54, 1.807) is 23.9 Å². The van der Waals surface area contributed by atoms with E-state index in [2.05, 4.69) is 33.5 Å². The number of pyridine rings is 1. The Kier molecular flexibility index (Phi) is 8.89. The zero-order valence-corrected chi connectivity index (χ0v) is 28.1. The molecule has 11 nitrogen and oxygen atoms in total. The Bertz CT molecular complexity index is 2070.